The Kier molecular flexibility index (Phi) is 5.88. The van der Waals surface area contributed by atoms with Gasteiger partial charge in [-0.1, -0.05) is 6.58 Å². The smallest absolute Gasteiger partial charge is 0.0949 e. The van der Waals surface area contributed by atoms with E-state index >= 15 is 0 Å². The first-order valence-corrected chi connectivity index (χ1v) is 4.02. The molecule has 0 fully saturated rings. The van der Waals surface area contributed by atoms with Gasteiger partial charge >= 0.3 is 0 Å². The standard InChI is InChI=1S/C6H13NOS/c1-6(8)5-9-4-3-7-2/h7-8H,1,3-5H2,2H3. The van der Waals surface area contributed by atoms with E-state index in [9.17, 15) is 0 Å². The first-order valence-electron chi connectivity index (χ1n) is 2.86. The number of thioether (sulfide) groups is 1. The molecule has 0 saturated heterocycles. The first-order chi connectivity index (χ1) is 4.27. The average Bonchev–Trinajstić information content (AvgIpc) is 1.80. The van der Waals surface area contributed by atoms with Crippen molar-refractivity contribution in [1.82, 2.24) is 5.32 Å². The second-order valence-corrected chi connectivity index (χ2v) is 2.83. The van der Waals surface area contributed by atoms with Gasteiger partial charge in [-0.3, -0.25) is 0 Å². The lowest BCUT2D eigenvalue weighted by Crippen LogP contribution is -2.10. The zero-order valence-electron chi connectivity index (χ0n) is 5.68. The summed E-state index contributed by atoms with van der Waals surface area (Å²) in [6.07, 6.45) is 0. The lowest BCUT2D eigenvalue weighted by molar-refractivity contribution is 0.420. The molecule has 0 rings (SSSR count). The number of aliphatic hydroxyl groups is 1. The van der Waals surface area contributed by atoms with Crippen molar-refractivity contribution < 1.29 is 5.11 Å². The fourth-order valence-electron chi connectivity index (χ4n) is 0.364. The van der Waals surface area contributed by atoms with E-state index < -0.39 is 0 Å². The molecule has 0 amide bonds. The minimum atomic E-state index is 0.260. The first kappa shape index (κ1) is 8.85. The highest BCUT2D eigenvalue weighted by molar-refractivity contribution is 7.99. The van der Waals surface area contributed by atoms with Crippen LogP contribution in [0.4, 0.5) is 0 Å². The molecule has 0 aromatic rings. The van der Waals surface area contributed by atoms with Gasteiger partial charge in [0.05, 0.1) is 11.5 Å². The lowest BCUT2D eigenvalue weighted by atomic mass is 10.7. The molecular weight excluding hydrogens is 134 g/mol. The van der Waals surface area contributed by atoms with Crippen molar-refractivity contribution in [1.29, 1.82) is 0 Å². The number of hydrogen-bond acceptors (Lipinski definition) is 3. The van der Waals surface area contributed by atoms with Crippen molar-refractivity contribution in [2.24, 2.45) is 0 Å². The van der Waals surface area contributed by atoms with Crippen LogP contribution in [0.1, 0.15) is 0 Å². The van der Waals surface area contributed by atoms with Crippen molar-refractivity contribution in [3.05, 3.63) is 12.3 Å². The Hall–Kier alpha value is -0.150. The molecule has 0 aliphatic rings. The number of nitrogens with one attached hydrogen (secondary N) is 1. The molecule has 0 aliphatic heterocycles. The molecular formula is C6H13NOS. The van der Waals surface area contributed by atoms with Gasteiger partial charge in [0.25, 0.3) is 0 Å². The Labute approximate surface area is 60.3 Å². The summed E-state index contributed by atoms with van der Waals surface area (Å²) in [5.41, 5.74) is 0. The minimum Gasteiger partial charge on any atom is -0.512 e. The van der Waals surface area contributed by atoms with Crippen LogP contribution in [0.3, 0.4) is 0 Å². The number of aliphatic hydroxyl groups excluding tert-OH is 1. The summed E-state index contributed by atoms with van der Waals surface area (Å²) in [4.78, 5) is 0. The molecule has 0 unspecified atom stereocenters. The summed E-state index contributed by atoms with van der Waals surface area (Å²) in [5.74, 6) is 1.94. The molecule has 0 radical (unpaired) electrons. The molecule has 0 saturated carbocycles. The maximum atomic E-state index is 8.62. The van der Waals surface area contributed by atoms with E-state index in [4.69, 9.17) is 5.11 Å². The fraction of sp³-hybridized carbons (Fsp3) is 0.667. The van der Waals surface area contributed by atoms with Gasteiger partial charge in [-0.25, -0.2) is 0 Å². The third-order valence-corrected chi connectivity index (χ3v) is 1.80. The molecule has 0 aromatic carbocycles. The van der Waals surface area contributed by atoms with Crippen LogP contribution in [0.25, 0.3) is 0 Å². The van der Waals surface area contributed by atoms with Gasteiger partial charge in [0.2, 0.25) is 0 Å². The Morgan fingerprint density at radius 2 is 2.44 bits per heavy atom. The molecule has 0 spiro atoms. The van der Waals surface area contributed by atoms with Gasteiger partial charge in [-0.05, 0) is 7.05 Å². The van der Waals surface area contributed by atoms with Crippen molar-refractivity contribution in [3.63, 3.8) is 0 Å². The molecule has 0 aromatic heterocycles. The second kappa shape index (κ2) is 5.98. The lowest BCUT2D eigenvalue weighted by Gasteiger charge is -1.97. The van der Waals surface area contributed by atoms with E-state index in [1.807, 2.05) is 7.05 Å². The van der Waals surface area contributed by atoms with Gasteiger partial charge in [0.15, 0.2) is 0 Å². The zero-order valence-corrected chi connectivity index (χ0v) is 6.50. The van der Waals surface area contributed by atoms with Crippen LogP contribution in [0.2, 0.25) is 0 Å². The summed E-state index contributed by atoms with van der Waals surface area (Å²) in [6, 6.07) is 0. The molecule has 3 heteroatoms. The highest BCUT2D eigenvalue weighted by Crippen LogP contribution is 2.01. The third-order valence-electron chi connectivity index (χ3n) is 0.765. The van der Waals surface area contributed by atoms with E-state index in [0.717, 1.165) is 12.3 Å². The van der Waals surface area contributed by atoms with Crippen LogP contribution >= 0.6 is 11.8 Å². The summed E-state index contributed by atoms with van der Waals surface area (Å²) in [7, 11) is 1.91. The predicted molar refractivity (Wildman–Crippen MR) is 43.0 cm³/mol. The average molecular weight is 147 g/mol. The summed E-state index contributed by atoms with van der Waals surface area (Å²) in [5, 5.41) is 11.6. The molecule has 2 nitrogen and oxygen atoms in total. The van der Waals surface area contributed by atoms with Gasteiger partial charge in [0, 0.05) is 12.3 Å². The fourth-order valence-corrected chi connectivity index (χ4v) is 1.09. The molecule has 9 heavy (non-hydrogen) atoms. The topological polar surface area (TPSA) is 32.3 Å². The summed E-state index contributed by atoms with van der Waals surface area (Å²) < 4.78 is 0. The van der Waals surface area contributed by atoms with Gasteiger partial charge in [0.1, 0.15) is 0 Å². The van der Waals surface area contributed by atoms with E-state index in [1.165, 1.54) is 0 Å². The second-order valence-electron chi connectivity index (χ2n) is 1.72. The maximum absolute atomic E-state index is 8.62. The Morgan fingerprint density at radius 1 is 1.78 bits per heavy atom. The monoisotopic (exact) mass is 147 g/mol. The zero-order chi connectivity index (χ0) is 7.11. The SMILES string of the molecule is C=C(O)CSCCNC. The van der Waals surface area contributed by atoms with E-state index in [0.29, 0.717) is 5.75 Å². The maximum Gasteiger partial charge on any atom is 0.0949 e. The highest BCUT2D eigenvalue weighted by atomic mass is 32.2. The summed E-state index contributed by atoms with van der Waals surface area (Å²) in [6.45, 7) is 4.35. The predicted octanol–water partition coefficient (Wildman–Crippen LogP) is 1.01. The van der Waals surface area contributed by atoms with E-state index in [1.54, 1.807) is 11.8 Å². The van der Waals surface area contributed by atoms with Crippen molar-refractivity contribution >= 4 is 11.8 Å². The molecule has 0 heterocycles. The molecule has 54 valence electrons. The third kappa shape index (κ3) is 7.85. The normalized spacial score (nSPS) is 9.44. The summed E-state index contributed by atoms with van der Waals surface area (Å²) >= 11 is 1.67. The van der Waals surface area contributed by atoms with E-state index in [2.05, 4.69) is 11.9 Å². The minimum absolute atomic E-state index is 0.260. The van der Waals surface area contributed by atoms with Crippen LogP contribution in [0.5, 0.6) is 0 Å². The van der Waals surface area contributed by atoms with Gasteiger partial charge < -0.3 is 10.4 Å². The van der Waals surface area contributed by atoms with E-state index in [-0.39, 0.29) is 5.76 Å². The van der Waals surface area contributed by atoms with Crippen LogP contribution in [-0.4, -0.2) is 30.2 Å². The Bertz CT molecular complexity index is 85.1. The van der Waals surface area contributed by atoms with Gasteiger partial charge in [-0.2, -0.15) is 11.8 Å². The van der Waals surface area contributed by atoms with Crippen LogP contribution in [0, 0.1) is 0 Å². The van der Waals surface area contributed by atoms with Crippen molar-refractivity contribution in [2.45, 2.75) is 0 Å². The van der Waals surface area contributed by atoms with Crippen LogP contribution < -0.4 is 5.32 Å². The number of rotatable bonds is 5. The molecule has 2 N–H and O–H groups in total. The van der Waals surface area contributed by atoms with Gasteiger partial charge in [-0.15, -0.1) is 0 Å². The van der Waals surface area contributed by atoms with Crippen molar-refractivity contribution in [2.75, 3.05) is 25.1 Å². The quantitative estimate of drug-likeness (QED) is 0.449. The highest BCUT2D eigenvalue weighted by Gasteiger charge is 1.88. The molecule has 0 atom stereocenters. The van der Waals surface area contributed by atoms with Crippen LogP contribution in [-0.2, 0) is 0 Å². The molecule has 0 aliphatic carbocycles. The molecule has 0 bridgehead atoms. The van der Waals surface area contributed by atoms with Crippen molar-refractivity contribution in [3.8, 4) is 0 Å². The number of hydrogen-bond donors (Lipinski definition) is 2. The van der Waals surface area contributed by atoms with Crippen LogP contribution in [0.15, 0.2) is 12.3 Å². The Morgan fingerprint density at radius 3 is 2.89 bits per heavy atom. The Balaban J connectivity index is 2.83. The largest absolute Gasteiger partial charge is 0.512 e.